The first-order valence-electron chi connectivity index (χ1n) is 6.50. The molecule has 0 saturated carbocycles. The summed E-state index contributed by atoms with van der Waals surface area (Å²) in [6, 6.07) is 13.3. The maximum atomic E-state index is 14.2. The summed E-state index contributed by atoms with van der Waals surface area (Å²) >= 11 is 5.96. The first-order chi connectivity index (χ1) is 9.31. The maximum Gasteiger partial charge on any atom is 0.147 e. The van der Waals surface area contributed by atoms with E-state index in [4.69, 9.17) is 11.6 Å². The average molecular weight is 276 g/mol. The van der Waals surface area contributed by atoms with E-state index in [1.165, 1.54) is 11.6 Å². The molecule has 3 rings (SSSR count). The van der Waals surface area contributed by atoms with E-state index >= 15 is 0 Å². The molecule has 0 fully saturated rings. The van der Waals surface area contributed by atoms with Crippen LogP contribution in [0.1, 0.15) is 17.5 Å². The number of aryl methyl sites for hydroxylation is 1. The minimum absolute atomic E-state index is 0.199. The Labute approximate surface area is 117 Å². The van der Waals surface area contributed by atoms with Crippen LogP contribution in [0.2, 0.25) is 0 Å². The van der Waals surface area contributed by atoms with E-state index in [2.05, 4.69) is 17.0 Å². The standard InChI is InChI=1S/C16H15ClFN/c17-11-13-6-3-8-14(18)16(13)19-10-4-7-12-5-1-2-9-15(12)19/h1-3,5-6,8-9H,4,7,10-11H2. The van der Waals surface area contributed by atoms with Gasteiger partial charge in [-0.3, -0.25) is 0 Å². The Morgan fingerprint density at radius 1 is 1.11 bits per heavy atom. The second-order valence-corrected chi connectivity index (χ2v) is 5.03. The molecule has 2 aromatic carbocycles. The normalized spacial score (nSPS) is 14.3. The number of halogens is 2. The summed E-state index contributed by atoms with van der Waals surface area (Å²) in [5.41, 5.74) is 3.85. The van der Waals surface area contributed by atoms with Gasteiger partial charge in [-0.05, 0) is 36.1 Å². The molecular formula is C16H15ClFN. The molecule has 0 radical (unpaired) electrons. The molecular weight excluding hydrogens is 261 g/mol. The highest BCUT2D eigenvalue weighted by molar-refractivity contribution is 6.17. The van der Waals surface area contributed by atoms with Gasteiger partial charge in [0.1, 0.15) is 5.82 Å². The van der Waals surface area contributed by atoms with Crippen molar-refractivity contribution in [1.82, 2.24) is 0 Å². The number of nitrogens with zero attached hydrogens (tertiary/aromatic N) is 1. The molecule has 1 heterocycles. The summed E-state index contributed by atoms with van der Waals surface area (Å²) in [5.74, 6) is 0.126. The first-order valence-corrected chi connectivity index (χ1v) is 7.03. The van der Waals surface area contributed by atoms with Crippen LogP contribution in [0.4, 0.5) is 15.8 Å². The highest BCUT2D eigenvalue weighted by Gasteiger charge is 2.22. The number of hydrogen-bond donors (Lipinski definition) is 0. The molecule has 2 aromatic rings. The van der Waals surface area contributed by atoms with Gasteiger partial charge in [0.2, 0.25) is 0 Å². The molecule has 0 bridgehead atoms. The topological polar surface area (TPSA) is 3.24 Å². The van der Waals surface area contributed by atoms with Gasteiger partial charge in [-0.15, -0.1) is 11.6 Å². The summed E-state index contributed by atoms with van der Waals surface area (Å²) in [7, 11) is 0. The molecule has 0 aliphatic carbocycles. The van der Waals surface area contributed by atoms with Crippen LogP contribution in [0, 0.1) is 5.82 Å². The number of hydrogen-bond acceptors (Lipinski definition) is 1. The van der Waals surface area contributed by atoms with Crippen LogP contribution in [0.5, 0.6) is 0 Å². The molecule has 1 nitrogen and oxygen atoms in total. The third-order valence-electron chi connectivity index (χ3n) is 3.59. The molecule has 0 aromatic heterocycles. The number of alkyl halides is 1. The molecule has 0 N–H and O–H groups in total. The lowest BCUT2D eigenvalue weighted by molar-refractivity contribution is 0.619. The summed E-state index contributed by atoms with van der Waals surface area (Å²) in [6.45, 7) is 0.835. The van der Waals surface area contributed by atoms with Crippen molar-refractivity contribution in [2.75, 3.05) is 11.4 Å². The molecule has 0 atom stereocenters. The average Bonchev–Trinajstić information content (AvgIpc) is 2.46. The van der Waals surface area contributed by atoms with Gasteiger partial charge in [-0.2, -0.15) is 0 Å². The molecule has 1 aliphatic rings. The van der Waals surface area contributed by atoms with Crippen LogP contribution in [-0.2, 0) is 12.3 Å². The van der Waals surface area contributed by atoms with E-state index in [1.807, 2.05) is 18.2 Å². The monoisotopic (exact) mass is 275 g/mol. The minimum Gasteiger partial charge on any atom is -0.339 e. The largest absolute Gasteiger partial charge is 0.339 e. The van der Waals surface area contributed by atoms with Crippen molar-refractivity contribution in [3.63, 3.8) is 0 Å². The number of para-hydroxylation sites is 2. The predicted octanol–water partition coefficient (Wildman–Crippen LogP) is 4.65. The Kier molecular flexibility index (Phi) is 3.43. The number of anilines is 2. The predicted molar refractivity (Wildman–Crippen MR) is 77.7 cm³/mol. The van der Waals surface area contributed by atoms with Crippen molar-refractivity contribution in [3.8, 4) is 0 Å². The highest BCUT2D eigenvalue weighted by atomic mass is 35.5. The van der Waals surface area contributed by atoms with Crippen molar-refractivity contribution in [2.24, 2.45) is 0 Å². The lowest BCUT2D eigenvalue weighted by Crippen LogP contribution is -2.26. The van der Waals surface area contributed by atoms with Gasteiger partial charge in [0, 0.05) is 18.1 Å². The van der Waals surface area contributed by atoms with Crippen LogP contribution < -0.4 is 4.90 Å². The fourth-order valence-electron chi connectivity index (χ4n) is 2.74. The molecule has 3 heteroatoms. The van der Waals surface area contributed by atoms with E-state index in [1.54, 1.807) is 6.07 Å². The fraction of sp³-hybridized carbons (Fsp3) is 0.250. The molecule has 19 heavy (non-hydrogen) atoms. The Hall–Kier alpha value is -1.54. The van der Waals surface area contributed by atoms with E-state index < -0.39 is 0 Å². The zero-order valence-electron chi connectivity index (χ0n) is 10.6. The number of rotatable bonds is 2. The zero-order chi connectivity index (χ0) is 13.2. The third kappa shape index (κ3) is 2.21. The minimum atomic E-state index is -0.199. The first kappa shape index (κ1) is 12.5. The Bertz CT molecular complexity index is 597. The van der Waals surface area contributed by atoms with Gasteiger partial charge >= 0.3 is 0 Å². The van der Waals surface area contributed by atoms with Gasteiger partial charge in [0.25, 0.3) is 0 Å². The van der Waals surface area contributed by atoms with Crippen molar-refractivity contribution in [1.29, 1.82) is 0 Å². The molecule has 0 amide bonds. The van der Waals surface area contributed by atoms with Gasteiger partial charge in [0.15, 0.2) is 0 Å². The van der Waals surface area contributed by atoms with Gasteiger partial charge in [-0.25, -0.2) is 4.39 Å². The number of fused-ring (bicyclic) bond motifs is 1. The summed E-state index contributed by atoms with van der Waals surface area (Å²) in [4.78, 5) is 2.06. The van der Waals surface area contributed by atoms with Crippen molar-refractivity contribution in [3.05, 3.63) is 59.4 Å². The number of benzene rings is 2. The molecule has 0 spiro atoms. The Balaban J connectivity index is 2.14. The quantitative estimate of drug-likeness (QED) is 0.721. The lowest BCUT2D eigenvalue weighted by Gasteiger charge is -2.32. The summed E-state index contributed by atoms with van der Waals surface area (Å²) < 4.78 is 14.2. The fourth-order valence-corrected chi connectivity index (χ4v) is 2.95. The Morgan fingerprint density at radius 2 is 1.95 bits per heavy atom. The second kappa shape index (κ2) is 5.22. The van der Waals surface area contributed by atoms with Crippen LogP contribution in [0.25, 0.3) is 0 Å². The smallest absolute Gasteiger partial charge is 0.147 e. The second-order valence-electron chi connectivity index (χ2n) is 4.77. The van der Waals surface area contributed by atoms with Crippen molar-refractivity contribution >= 4 is 23.0 Å². The SMILES string of the molecule is Fc1cccc(CCl)c1N1CCCc2ccccc21. The van der Waals surface area contributed by atoms with Crippen LogP contribution >= 0.6 is 11.6 Å². The van der Waals surface area contributed by atoms with Crippen LogP contribution in [0.15, 0.2) is 42.5 Å². The van der Waals surface area contributed by atoms with Gasteiger partial charge in [-0.1, -0.05) is 30.3 Å². The van der Waals surface area contributed by atoms with Crippen LogP contribution in [-0.4, -0.2) is 6.54 Å². The zero-order valence-corrected chi connectivity index (χ0v) is 11.3. The van der Waals surface area contributed by atoms with Crippen LogP contribution in [0.3, 0.4) is 0 Å². The van der Waals surface area contributed by atoms with E-state index in [9.17, 15) is 4.39 Å². The van der Waals surface area contributed by atoms with Crippen molar-refractivity contribution < 1.29 is 4.39 Å². The van der Waals surface area contributed by atoms with Gasteiger partial charge < -0.3 is 4.90 Å². The summed E-state index contributed by atoms with van der Waals surface area (Å²) in [6.07, 6.45) is 2.09. The third-order valence-corrected chi connectivity index (χ3v) is 3.88. The van der Waals surface area contributed by atoms with Gasteiger partial charge in [0.05, 0.1) is 5.69 Å². The summed E-state index contributed by atoms with van der Waals surface area (Å²) in [5, 5.41) is 0. The lowest BCUT2D eigenvalue weighted by atomic mass is 10.00. The van der Waals surface area contributed by atoms with E-state index in [0.29, 0.717) is 11.6 Å². The Morgan fingerprint density at radius 3 is 2.79 bits per heavy atom. The van der Waals surface area contributed by atoms with E-state index in [0.717, 1.165) is 30.6 Å². The molecule has 1 aliphatic heterocycles. The molecule has 0 saturated heterocycles. The van der Waals surface area contributed by atoms with E-state index in [-0.39, 0.29) is 5.82 Å². The van der Waals surface area contributed by atoms with Crippen molar-refractivity contribution in [2.45, 2.75) is 18.7 Å². The maximum absolute atomic E-state index is 14.2. The molecule has 0 unspecified atom stereocenters. The molecule has 98 valence electrons. The highest BCUT2D eigenvalue weighted by Crippen LogP contribution is 2.37.